The van der Waals surface area contributed by atoms with Gasteiger partial charge in [0.25, 0.3) is 0 Å². The van der Waals surface area contributed by atoms with Crippen molar-refractivity contribution in [1.29, 1.82) is 0 Å². The highest BCUT2D eigenvalue weighted by Crippen LogP contribution is 2.21. The van der Waals surface area contributed by atoms with Crippen LogP contribution in [-0.2, 0) is 6.54 Å². The molecule has 4 heteroatoms. The Morgan fingerprint density at radius 3 is 2.82 bits per heavy atom. The van der Waals surface area contributed by atoms with Gasteiger partial charge in [-0.25, -0.2) is 4.98 Å². The zero-order chi connectivity index (χ0) is 12.1. The Hall–Kier alpha value is -1.23. The summed E-state index contributed by atoms with van der Waals surface area (Å²) < 4.78 is 0. The Labute approximate surface area is 105 Å². The molecule has 0 aliphatic carbocycles. The van der Waals surface area contributed by atoms with Crippen LogP contribution in [0, 0.1) is 0 Å². The van der Waals surface area contributed by atoms with Crippen LogP contribution in [0.2, 0.25) is 0 Å². The highest BCUT2D eigenvalue weighted by molar-refractivity contribution is 7.09. The number of hydrogen-bond acceptors (Lipinski definition) is 4. The molecule has 0 amide bonds. The first-order chi connectivity index (χ1) is 8.29. The van der Waals surface area contributed by atoms with E-state index in [-0.39, 0.29) is 12.6 Å². The molecule has 0 aliphatic heterocycles. The lowest BCUT2D eigenvalue weighted by atomic mass is 10.2. The third kappa shape index (κ3) is 3.36. The van der Waals surface area contributed by atoms with Crippen LogP contribution in [0.4, 0.5) is 0 Å². The summed E-state index contributed by atoms with van der Waals surface area (Å²) in [5.74, 6) is 0. The van der Waals surface area contributed by atoms with Crippen LogP contribution in [0.15, 0.2) is 35.7 Å². The molecule has 2 aromatic rings. The van der Waals surface area contributed by atoms with E-state index in [4.69, 9.17) is 5.11 Å². The van der Waals surface area contributed by atoms with Crippen molar-refractivity contribution in [1.82, 2.24) is 10.3 Å². The standard InChI is InChI=1S/C13H16N2OS/c1-10(8-16)14-7-13-15-12(9-17-13)11-5-3-2-4-6-11/h2-6,9-10,14,16H,7-8H2,1H3/t10-/m1/s1. The number of hydrogen-bond donors (Lipinski definition) is 2. The van der Waals surface area contributed by atoms with Crippen LogP contribution < -0.4 is 5.32 Å². The fourth-order valence-electron chi connectivity index (χ4n) is 1.46. The smallest absolute Gasteiger partial charge is 0.107 e. The minimum atomic E-state index is 0.110. The zero-order valence-electron chi connectivity index (χ0n) is 9.76. The van der Waals surface area contributed by atoms with E-state index in [0.29, 0.717) is 6.54 Å². The van der Waals surface area contributed by atoms with Crippen LogP contribution in [-0.4, -0.2) is 22.7 Å². The molecule has 0 fully saturated rings. The Kier molecular flexibility index (Phi) is 4.25. The summed E-state index contributed by atoms with van der Waals surface area (Å²) in [6.07, 6.45) is 0. The lowest BCUT2D eigenvalue weighted by Gasteiger charge is -2.07. The van der Waals surface area contributed by atoms with Crippen molar-refractivity contribution < 1.29 is 5.11 Å². The molecule has 2 rings (SSSR count). The van der Waals surface area contributed by atoms with Gasteiger partial charge in [-0.2, -0.15) is 0 Å². The van der Waals surface area contributed by atoms with Crippen molar-refractivity contribution in [2.75, 3.05) is 6.61 Å². The SMILES string of the molecule is C[C@H](CO)NCc1nc(-c2ccccc2)cs1. The van der Waals surface area contributed by atoms with Gasteiger partial charge < -0.3 is 10.4 Å². The predicted molar refractivity (Wildman–Crippen MR) is 70.9 cm³/mol. The molecule has 0 aliphatic rings. The molecule has 0 saturated heterocycles. The fourth-order valence-corrected chi connectivity index (χ4v) is 2.21. The molecule has 2 N–H and O–H groups in total. The number of rotatable bonds is 5. The molecule has 0 spiro atoms. The first-order valence-electron chi connectivity index (χ1n) is 5.63. The maximum Gasteiger partial charge on any atom is 0.107 e. The summed E-state index contributed by atoms with van der Waals surface area (Å²) in [7, 11) is 0. The average Bonchev–Trinajstić information content (AvgIpc) is 2.86. The van der Waals surface area contributed by atoms with Gasteiger partial charge in [-0.05, 0) is 6.92 Å². The number of nitrogens with one attached hydrogen (secondary N) is 1. The second-order valence-electron chi connectivity index (χ2n) is 3.96. The summed E-state index contributed by atoms with van der Waals surface area (Å²) in [5, 5.41) is 15.2. The Balaban J connectivity index is 2.01. The van der Waals surface area contributed by atoms with Crippen LogP contribution >= 0.6 is 11.3 Å². The summed E-state index contributed by atoms with van der Waals surface area (Å²) in [5.41, 5.74) is 2.16. The molecule has 0 unspecified atom stereocenters. The van der Waals surface area contributed by atoms with E-state index in [1.807, 2.05) is 25.1 Å². The predicted octanol–water partition coefficient (Wildman–Crippen LogP) is 2.28. The first kappa shape index (κ1) is 12.2. The number of nitrogens with zero attached hydrogens (tertiary/aromatic N) is 1. The Morgan fingerprint density at radius 1 is 1.35 bits per heavy atom. The number of aromatic nitrogens is 1. The maximum atomic E-state index is 8.92. The minimum Gasteiger partial charge on any atom is -0.395 e. The molecular weight excluding hydrogens is 232 g/mol. The van der Waals surface area contributed by atoms with E-state index >= 15 is 0 Å². The molecule has 0 saturated carbocycles. The van der Waals surface area contributed by atoms with Gasteiger partial charge in [0.2, 0.25) is 0 Å². The van der Waals surface area contributed by atoms with Gasteiger partial charge in [0.1, 0.15) is 5.01 Å². The quantitative estimate of drug-likeness (QED) is 0.853. The molecule has 1 aromatic heterocycles. The van der Waals surface area contributed by atoms with Crippen molar-refractivity contribution in [3.8, 4) is 11.3 Å². The van der Waals surface area contributed by atoms with E-state index in [2.05, 4.69) is 27.8 Å². The highest BCUT2D eigenvalue weighted by atomic mass is 32.1. The average molecular weight is 248 g/mol. The second kappa shape index (κ2) is 5.91. The van der Waals surface area contributed by atoms with Gasteiger partial charge >= 0.3 is 0 Å². The van der Waals surface area contributed by atoms with Crippen molar-refractivity contribution in [2.45, 2.75) is 19.5 Å². The van der Waals surface area contributed by atoms with Crippen molar-refractivity contribution in [2.24, 2.45) is 0 Å². The van der Waals surface area contributed by atoms with Gasteiger partial charge in [-0.1, -0.05) is 30.3 Å². The summed E-state index contributed by atoms with van der Waals surface area (Å²) in [6, 6.07) is 10.3. The molecular formula is C13H16N2OS. The largest absolute Gasteiger partial charge is 0.395 e. The molecule has 3 nitrogen and oxygen atoms in total. The monoisotopic (exact) mass is 248 g/mol. The number of aliphatic hydroxyl groups excluding tert-OH is 1. The summed E-state index contributed by atoms with van der Waals surface area (Å²) in [6.45, 7) is 2.81. The van der Waals surface area contributed by atoms with Crippen LogP contribution in [0.5, 0.6) is 0 Å². The molecule has 0 bridgehead atoms. The normalized spacial score (nSPS) is 12.6. The fraction of sp³-hybridized carbons (Fsp3) is 0.308. The van der Waals surface area contributed by atoms with Crippen molar-refractivity contribution in [3.63, 3.8) is 0 Å². The highest BCUT2D eigenvalue weighted by Gasteiger charge is 2.05. The minimum absolute atomic E-state index is 0.110. The van der Waals surface area contributed by atoms with E-state index < -0.39 is 0 Å². The molecule has 17 heavy (non-hydrogen) atoms. The topological polar surface area (TPSA) is 45.1 Å². The van der Waals surface area contributed by atoms with Crippen molar-refractivity contribution in [3.05, 3.63) is 40.7 Å². The van der Waals surface area contributed by atoms with Gasteiger partial charge in [0.05, 0.1) is 12.3 Å². The van der Waals surface area contributed by atoms with Gasteiger partial charge in [0, 0.05) is 23.5 Å². The summed E-state index contributed by atoms with van der Waals surface area (Å²) in [4.78, 5) is 4.56. The lowest BCUT2D eigenvalue weighted by Crippen LogP contribution is -2.28. The molecule has 1 aromatic carbocycles. The zero-order valence-corrected chi connectivity index (χ0v) is 10.6. The molecule has 1 atom stereocenters. The number of aliphatic hydroxyl groups is 1. The molecule has 90 valence electrons. The van der Waals surface area contributed by atoms with Gasteiger partial charge in [0.15, 0.2) is 0 Å². The number of thiazole rings is 1. The van der Waals surface area contributed by atoms with Gasteiger partial charge in [-0.3, -0.25) is 0 Å². The molecule has 0 radical (unpaired) electrons. The second-order valence-corrected chi connectivity index (χ2v) is 4.90. The summed E-state index contributed by atoms with van der Waals surface area (Å²) >= 11 is 1.64. The van der Waals surface area contributed by atoms with E-state index in [9.17, 15) is 0 Å². The van der Waals surface area contributed by atoms with Crippen LogP contribution in [0.3, 0.4) is 0 Å². The van der Waals surface area contributed by atoms with Crippen molar-refractivity contribution >= 4 is 11.3 Å². The third-order valence-electron chi connectivity index (χ3n) is 2.50. The van der Waals surface area contributed by atoms with Crippen LogP contribution in [0.1, 0.15) is 11.9 Å². The van der Waals surface area contributed by atoms with E-state index in [1.165, 1.54) is 0 Å². The van der Waals surface area contributed by atoms with Crippen LogP contribution in [0.25, 0.3) is 11.3 Å². The Morgan fingerprint density at radius 2 is 2.12 bits per heavy atom. The van der Waals surface area contributed by atoms with E-state index in [0.717, 1.165) is 16.3 Å². The van der Waals surface area contributed by atoms with Gasteiger partial charge in [-0.15, -0.1) is 11.3 Å². The lowest BCUT2D eigenvalue weighted by molar-refractivity contribution is 0.251. The third-order valence-corrected chi connectivity index (χ3v) is 3.35. The first-order valence-corrected chi connectivity index (χ1v) is 6.51. The number of benzene rings is 1. The van der Waals surface area contributed by atoms with E-state index in [1.54, 1.807) is 11.3 Å². The Bertz CT molecular complexity index is 455. The maximum absolute atomic E-state index is 8.92. The molecule has 1 heterocycles.